The van der Waals surface area contributed by atoms with Crippen LogP contribution in [0.1, 0.15) is 10.4 Å². The van der Waals surface area contributed by atoms with E-state index in [1.807, 2.05) is 60.7 Å². The van der Waals surface area contributed by atoms with Crippen molar-refractivity contribution in [3.05, 3.63) is 78.4 Å². The average Bonchev–Trinajstić information content (AvgIpc) is 2.66. The first-order chi connectivity index (χ1) is 12.2. The zero-order chi connectivity index (χ0) is 17.6. The second-order valence-corrected chi connectivity index (χ2v) is 9.82. The Bertz CT molecular complexity index is 802. The van der Waals surface area contributed by atoms with Gasteiger partial charge in [-0.25, -0.2) is 0 Å². The number of benzene rings is 3. The van der Waals surface area contributed by atoms with Gasteiger partial charge in [0.25, 0.3) is 0 Å². The Kier molecular flexibility index (Phi) is 5.95. The molecule has 5 heteroatoms. The van der Waals surface area contributed by atoms with Gasteiger partial charge in [0.1, 0.15) is 0 Å². The van der Waals surface area contributed by atoms with Gasteiger partial charge >= 0.3 is 160 Å². The molecule has 3 rings (SSSR count). The van der Waals surface area contributed by atoms with E-state index in [1.165, 1.54) is 7.11 Å². The van der Waals surface area contributed by atoms with Gasteiger partial charge in [-0.3, -0.25) is 0 Å². The summed E-state index contributed by atoms with van der Waals surface area (Å²) in [5, 5.41) is 10.8. The number of carbonyl (C=O) groups is 1. The van der Waals surface area contributed by atoms with Crippen LogP contribution in [0.5, 0.6) is 5.75 Å². The Labute approximate surface area is 159 Å². The minimum absolute atomic E-state index is 0.0864. The number of ether oxygens (including phenoxy) is 1. The van der Waals surface area contributed by atoms with Crippen molar-refractivity contribution in [2.24, 2.45) is 0 Å². The predicted molar refractivity (Wildman–Crippen MR) is 102 cm³/mol. The Morgan fingerprint density at radius 1 is 0.840 bits per heavy atom. The summed E-state index contributed by atoms with van der Waals surface area (Å²) in [7, 11) is 1.37. The van der Waals surface area contributed by atoms with Crippen LogP contribution in [0.3, 0.4) is 0 Å². The molecular weight excluding hydrogens is 446 g/mol. The second kappa shape index (κ2) is 8.37. The number of esters is 1. The Morgan fingerprint density at radius 2 is 1.28 bits per heavy atom. The van der Waals surface area contributed by atoms with E-state index in [0.717, 1.165) is 17.8 Å². The van der Waals surface area contributed by atoms with Gasteiger partial charge in [0.05, 0.1) is 0 Å². The predicted octanol–water partition coefficient (Wildman–Crippen LogP) is 0.489. The molecule has 1 N–H and O–H groups in total. The van der Waals surface area contributed by atoms with Crippen molar-refractivity contribution in [3.63, 3.8) is 0 Å². The van der Waals surface area contributed by atoms with Crippen molar-refractivity contribution in [3.8, 4) is 5.75 Å². The number of phenolic OH excluding ortho intramolecular Hbond substituents is 1. The fourth-order valence-electron chi connectivity index (χ4n) is 2.20. The van der Waals surface area contributed by atoms with Gasteiger partial charge in [0.15, 0.2) is 0 Å². The van der Waals surface area contributed by atoms with Gasteiger partial charge in [-0.15, -0.1) is 0 Å². The number of hydrogen-bond donors (Lipinski definition) is 1. The van der Waals surface area contributed by atoms with Crippen LogP contribution in [0.2, 0.25) is 0 Å². The molecule has 0 spiro atoms. The third-order valence-corrected chi connectivity index (χ3v) is 7.76. The molecule has 0 fully saturated rings. The van der Waals surface area contributed by atoms with E-state index in [9.17, 15) is 9.90 Å². The first-order valence-electron chi connectivity index (χ1n) is 7.58. The first-order valence-corrected chi connectivity index (χ1v) is 11.0. The molecule has 0 amide bonds. The topological polar surface area (TPSA) is 46.5 Å². The van der Waals surface area contributed by atoms with E-state index < -0.39 is 0 Å². The summed E-state index contributed by atoms with van der Waals surface area (Å²) in [6, 6.07) is 23.5. The Balaban J connectivity index is 2.01. The molecule has 0 aromatic heterocycles. The molecule has 0 aliphatic heterocycles. The molecule has 0 aliphatic carbocycles. The number of carbonyl (C=O) groups excluding carboxylic acids is 1. The quantitative estimate of drug-likeness (QED) is 0.444. The Hall–Kier alpha value is -2.03. The molecule has 0 heterocycles. The van der Waals surface area contributed by atoms with Gasteiger partial charge in [0, 0.05) is 0 Å². The van der Waals surface area contributed by atoms with Crippen molar-refractivity contribution >= 4 is 53.7 Å². The van der Waals surface area contributed by atoms with Crippen LogP contribution in [-0.2, 0) is 4.74 Å². The normalized spacial score (nSPS) is 10.4. The summed E-state index contributed by atoms with van der Waals surface area (Å²) in [5.74, 6) is -0.0874. The van der Waals surface area contributed by atoms with Crippen LogP contribution < -0.4 is 17.8 Å². The molecule has 0 saturated heterocycles. The molecule has 3 aromatic rings. The molecule has 0 bridgehead atoms. The van der Waals surface area contributed by atoms with E-state index in [-0.39, 0.29) is 35.9 Å². The summed E-state index contributed by atoms with van der Waals surface area (Å²) in [4.78, 5) is 12.0. The van der Waals surface area contributed by atoms with Crippen LogP contribution in [0.4, 0.5) is 0 Å². The standard InChI is InChI=1S/C20H16O3Se2/c1-23-20(22)14-12-17(24-15-8-4-2-5-9-15)19(21)18(13-14)25-16-10-6-3-7-11-16/h2-13,21H,1H3. The fourth-order valence-corrected chi connectivity index (χ4v) is 6.48. The number of hydrogen-bond acceptors (Lipinski definition) is 3. The molecule has 0 atom stereocenters. The summed E-state index contributed by atoms with van der Waals surface area (Å²) < 4.78 is 8.77. The zero-order valence-corrected chi connectivity index (χ0v) is 16.9. The van der Waals surface area contributed by atoms with Gasteiger partial charge < -0.3 is 0 Å². The number of methoxy groups -OCH3 is 1. The van der Waals surface area contributed by atoms with E-state index in [0.29, 0.717) is 11.3 Å². The maximum atomic E-state index is 12.0. The summed E-state index contributed by atoms with van der Waals surface area (Å²) in [6.07, 6.45) is 0. The third kappa shape index (κ3) is 4.53. The second-order valence-electron chi connectivity index (χ2n) is 5.14. The molecule has 25 heavy (non-hydrogen) atoms. The van der Waals surface area contributed by atoms with Gasteiger partial charge in [-0.1, -0.05) is 0 Å². The van der Waals surface area contributed by atoms with Crippen LogP contribution in [0.15, 0.2) is 72.8 Å². The summed E-state index contributed by atoms with van der Waals surface area (Å²) in [5.41, 5.74) is 0.487. The summed E-state index contributed by atoms with van der Waals surface area (Å²) >= 11 is -0.173. The van der Waals surface area contributed by atoms with Crippen molar-refractivity contribution in [2.45, 2.75) is 0 Å². The van der Waals surface area contributed by atoms with Crippen LogP contribution in [-0.4, -0.2) is 48.1 Å². The van der Waals surface area contributed by atoms with Gasteiger partial charge in [-0.05, 0) is 0 Å². The molecule has 126 valence electrons. The van der Waals surface area contributed by atoms with E-state index in [2.05, 4.69) is 0 Å². The SMILES string of the molecule is COC(=O)c1cc([Se]c2ccccc2)c(O)c([Se]c2ccccc2)c1. The van der Waals surface area contributed by atoms with Crippen molar-refractivity contribution in [1.82, 2.24) is 0 Å². The fraction of sp³-hybridized carbons (Fsp3) is 0.0500. The molecule has 0 saturated carbocycles. The molecule has 3 aromatic carbocycles. The zero-order valence-electron chi connectivity index (χ0n) is 13.5. The molecule has 0 aliphatic rings. The van der Waals surface area contributed by atoms with Crippen LogP contribution in [0, 0.1) is 0 Å². The third-order valence-electron chi connectivity index (χ3n) is 3.40. The Morgan fingerprint density at radius 3 is 1.68 bits per heavy atom. The molecule has 3 nitrogen and oxygen atoms in total. The van der Waals surface area contributed by atoms with E-state index >= 15 is 0 Å². The number of aromatic hydroxyl groups is 1. The number of phenols is 1. The average molecular weight is 462 g/mol. The van der Waals surface area contributed by atoms with Gasteiger partial charge in [0.2, 0.25) is 0 Å². The van der Waals surface area contributed by atoms with Gasteiger partial charge in [-0.2, -0.15) is 0 Å². The minimum atomic E-state index is -0.379. The molecule has 0 radical (unpaired) electrons. The van der Waals surface area contributed by atoms with E-state index in [4.69, 9.17) is 4.74 Å². The molecular formula is C20H16O3Se2. The van der Waals surface area contributed by atoms with Crippen molar-refractivity contribution in [1.29, 1.82) is 0 Å². The summed E-state index contributed by atoms with van der Waals surface area (Å²) in [6.45, 7) is 0. The van der Waals surface area contributed by atoms with Crippen LogP contribution in [0.25, 0.3) is 0 Å². The van der Waals surface area contributed by atoms with E-state index in [1.54, 1.807) is 12.1 Å². The molecule has 0 unspecified atom stereocenters. The monoisotopic (exact) mass is 464 g/mol. The number of rotatable bonds is 5. The maximum absolute atomic E-state index is 12.0. The van der Waals surface area contributed by atoms with Crippen LogP contribution >= 0.6 is 0 Å². The van der Waals surface area contributed by atoms with Crippen molar-refractivity contribution in [2.75, 3.05) is 7.11 Å². The van der Waals surface area contributed by atoms with Crippen molar-refractivity contribution < 1.29 is 14.6 Å². The first kappa shape index (κ1) is 17.8.